The first-order valence-corrected chi connectivity index (χ1v) is 14.0. The highest BCUT2D eigenvalue weighted by molar-refractivity contribution is 6.17. The van der Waals surface area contributed by atoms with Gasteiger partial charge in [-0.25, -0.2) is 4.79 Å². The smallest absolute Gasteiger partial charge is 0.338 e. The highest BCUT2D eigenvalue weighted by Gasteiger charge is 2.25. The van der Waals surface area contributed by atoms with E-state index in [1.807, 2.05) is 52.0 Å². The minimum Gasteiger partial charge on any atom is -0.460 e. The number of carbonyl (C=O) groups is 2. The molecular weight excluding hydrogens is 478 g/mol. The molecule has 0 atom stereocenters. The van der Waals surface area contributed by atoms with Gasteiger partial charge in [-0.05, 0) is 50.5 Å². The van der Waals surface area contributed by atoms with E-state index in [9.17, 15) is 9.59 Å². The molecule has 1 aromatic heterocycles. The molecule has 0 fully saturated rings. The van der Waals surface area contributed by atoms with Crippen LogP contribution >= 0.6 is 0 Å². The monoisotopic (exact) mass is 521 g/mol. The van der Waals surface area contributed by atoms with Crippen molar-refractivity contribution in [2.45, 2.75) is 85.9 Å². The normalized spacial score (nSPS) is 11.7. The van der Waals surface area contributed by atoms with Crippen LogP contribution in [0.15, 0.2) is 46.9 Å². The SMILES string of the molecule is CCCCN(CCCC)COCc1ccc(C(=O)c2c(C(C)C)oc3ccc(C(=O)OC(C)C)cc23)cc1. The predicted molar refractivity (Wildman–Crippen MR) is 152 cm³/mol. The number of unbranched alkanes of at least 4 members (excludes halogenated alkanes) is 2. The second-order valence-electron chi connectivity index (χ2n) is 10.5. The van der Waals surface area contributed by atoms with Crippen molar-refractivity contribution in [3.8, 4) is 0 Å². The van der Waals surface area contributed by atoms with E-state index in [0.29, 0.717) is 46.8 Å². The van der Waals surface area contributed by atoms with E-state index in [1.54, 1.807) is 18.2 Å². The molecule has 2 aromatic carbocycles. The van der Waals surface area contributed by atoms with Gasteiger partial charge in [0.25, 0.3) is 0 Å². The molecule has 6 nitrogen and oxygen atoms in total. The largest absolute Gasteiger partial charge is 0.460 e. The topological polar surface area (TPSA) is 69.0 Å². The van der Waals surface area contributed by atoms with Gasteiger partial charge in [-0.3, -0.25) is 9.69 Å². The van der Waals surface area contributed by atoms with E-state index in [2.05, 4.69) is 18.7 Å². The second kappa shape index (κ2) is 14.3. The van der Waals surface area contributed by atoms with E-state index in [-0.39, 0.29) is 17.8 Å². The van der Waals surface area contributed by atoms with Crippen molar-refractivity contribution in [1.29, 1.82) is 0 Å². The molecule has 1 heterocycles. The van der Waals surface area contributed by atoms with Crippen LogP contribution in [0.25, 0.3) is 11.0 Å². The van der Waals surface area contributed by atoms with Crippen molar-refractivity contribution in [3.63, 3.8) is 0 Å². The molecule has 0 N–H and O–H groups in total. The van der Waals surface area contributed by atoms with Crippen LogP contribution in [0.3, 0.4) is 0 Å². The number of carbonyl (C=O) groups excluding carboxylic acids is 2. The Balaban J connectivity index is 1.77. The van der Waals surface area contributed by atoms with Crippen molar-refractivity contribution in [3.05, 3.63) is 70.5 Å². The fourth-order valence-corrected chi connectivity index (χ4v) is 4.36. The lowest BCUT2D eigenvalue weighted by atomic mass is 9.95. The third kappa shape index (κ3) is 7.78. The molecule has 0 saturated heterocycles. The van der Waals surface area contributed by atoms with Gasteiger partial charge in [0.15, 0.2) is 5.78 Å². The molecule has 206 valence electrons. The third-order valence-corrected chi connectivity index (χ3v) is 6.46. The van der Waals surface area contributed by atoms with Crippen LogP contribution in [-0.4, -0.2) is 42.6 Å². The van der Waals surface area contributed by atoms with Gasteiger partial charge in [0.05, 0.1) is 30.6 Å². The molecule has 0 unspecified atom stereocenters. The highest BCUT2D eigenvalue weighted by atomic mass is 16.5. The maximum Gasteiger partial charge on any atom is 0.338 e. The van der Waals surface area contributed by atoms with E-state index in [1.165, 1.54) is 25.7 Å². The Morgan fingerprint density at radius 2 is 1.53 bits per heavy atom. The van der Waals surface area contributed by atoms with Crippen molar-refractivity contribution in [1.82, 2.24) is 4.90 Å². The fourth-order valence-electron chi connectivity index (χ4n) is 4.36. The maximum atomic E-state index is 13.7. The average Bonchev–Trinajstić information content (AvgIpc) is 3.28. The molecule has 3 rings (SSSR count). The molecule has 3 aromatic rings. The van der Waals surface area contributed by atoms with Crippen LogP contribution in [0.4, 0.5) is 0 Å². The number of nitrogens with zero attached hydrogens (tertiary/aromatic N) is 1. The Kier molecular flexibility index (Phi) is 11.1. The zero-order valence-corrected chi connectivity index (χ0v) is 23.8. The summed E-state index contributed by atoms with van der Waals surface area (Å²) in [6.45, 7) is 15.2. The molecule has 0 spiro atoms. The van der Waals surface area contributed by atoms with Crippen molar-refractivity contribution in [2.24, 2.45) is 0 Å². The lowest BCUT2D eigenvalue weighted by Gasteiger charge is -2.21. The lowest BCUT2D eigenvalue weighted by molar-refractivity contribution is 0.0173. The minimum absolute atomic E-state index is 0.00320. The van der Waals surface area contributed by atoms with Crippen molar-refractivity contribution < 1.29 is 23.5 Å². The van der Waals surface area contributed by atoms with Crippen molar-refractivity contribution >= 4 is 22.7 Å². The number of hydrogen-bond donors (Lipinski definition) is 0. The zero-order valence-electron chi connectivity index (χ0n) is 23.8. The van der Waals surface area contributed by atoms with E-state index in [0.717, 1.165) is 18.7 Å². The molecular formula is C32H43NO5. The second-order valence-corrected chi connectivity index (χ2v) is 10.5. The summed E-state index contributed by atoms with van der Waals surface area (Å²) < 4.78 is 17.4. The number of esters is 1. The number of hydrogen-bond acceptors (Lipinski definition) is 6. The summed E-state index contributed by atoms with van der Waals surface area (Å²) in [5.41, 5.74) is 3.07. The van der Waals surface area contributed by atoms with Crippen LogP contribution in [0.1, 0.15) is 111 Å². The van der Waals surface area contributed by atoms with Gasteiger partial charge in [-0.2, -0.15) is 0 Å². The van der Waals surface area contributed by atoms with E-state index in [4.69, 9.17) is 13.9 Å². The molecule has 0 aliphatic heterocycles. The Bertz CT molecular complexity index is 1180. The van der Waals surface area contributed by atoms with Gasteiger partial charge < -0.3 is 13.9 Å². The molecule has 0 saturated carbocycles. The highest BCUT2D eigenvalue weighted by Crippen LogP contribution is 2.33. The third-order valence-electron chi connectivity index (χ3n) is 6.46. The summed E-state index contributed by atoms with van der Waals surface area (Å²) in [5, 5.41) is 0.628. The first-order chi connectivity index (χ1) is 18.2. The molecule has 0 aliphatic carbocycles. The van der Waals surface area contributed by atoms with Crippen LogP contribution < -0.4 is 0 Å². The summed E-state index contributed by atoms with van der Waals surface area (Å²) in [5.74, 6) is 0.0778. The Labute approximate surface area is 227 Å². The molecule has 0 aliphatic rings. The standard InChI is InChI=1S/C32H43NO5/c1-7-9-17-33(18-10-8-2)21-36-20-24-11-13-25(14-12-24)30(34)29-27-19-26(32(35)37-23(5)6)15-16-28(27)38-31(29)22(3)4/h11-16,19,22-23H,7-10,17-18,20-21H2,1-6H3. The maximum absolute atomic E-state index is 13.7. The molecule has 6 heteroatoms. The van der Waals surface area contributed by atoms with Crippen LogP contribution in [0.2, 0.25) is 0 Å². The lowest BCUT2D eigenvalue weighted by Crippen LogP contribution is -2.28. The number of ether oxygens (including phenoxy) is 2. The fraction of sp³-hybridized carbons (Fsp3) is 0.500. The Morgan fingerprint density at radius 3 is 2.11 bits per heavy atom. The Morgan fingerprint density at radius 1 is 0.895 bits per heavy atom. The first-order valence-electron chi connectivity index (χ1n) is 14.0. The van der Waals surface area contributed by atoms with Gasteiger partial charge in [0, 0.05) is 30.0 Å². The molecule has 38 heavy (non-hydrogen) atoms. The zero-order chi connectivity index (χ0) is 27.7. The van der Waals surface area contributed by atoms with Gasteiger partial charge in [-0.15, -0.1) is 0 Å². The van der Waals surface area contributed by atoms with Gasteiger partial charge in [-0.1, -0.05) is 64.8 Å². The number of ketones is 1. The molecule has 0 bridgehead atoms. The number of rotatable bonds is 15. The average molecular weight is 522 g/mol. The summed E-state index contributed by atoms with van der Waals surface area (Å²) in [7, 11) is 0. The number of furan rings is 1. The van der Waals surface area contributed by atoms with Crippen LogP contribution in [0, 0.1) is 0 Å². The predicted octanol–water partition coefficient (Wildman–Crippen LogP) is 7.73. The van der Waals surface area contributed by atoms with Crippen molar-refractivity contribution in [2.75, 3.05) is 19.8 Å². The van der Waals surface area contributed by atoms with Gasteiger partial charge in [0.2, 0.25) is 0 Å². The minimum atomic E-state index is -0.417. The van der Waals surface area contributed by atoms with Crippen LogP contribution in [-0.2, 0) is 16.1 Å². The van der Waals surface area contributed by atoms with Gasteiger partial charge in [0.1, 0.15) is 11.3 Å². The van der Waals surface area contributed by atoms with Crippen LogP contribution in [0.5, 0.6) is 0 Å². The number of fused-ring (bicyclic) bond motifs is 1. The number of benzene rings is 2. The molecule has 0 radical (unpaired) electrons. The first kappa shape index (κ1) is 29.6. The Hall–Kier alpha value is -2.96. The summed E-state index contributed by atoms with van der Waals surface area (Å²) in [6, 6.07) is 12.7. The summed E-state index contributed by atoms with van der Waals surface area (Å²) in [4.78, 5) is 28.6. The summed E-state index contributed by atoms with van der Waals surface area (Å²) >= 11 is 0. The summed E-state index contributed by atoms with van der Waals surface area (Å²) in [6.07, 6.45) is 4.46. The van der Waals surface area contributed by atoms with Gasteiger partial charge >= 0.3 is 5.97 Å². The molecule has 0 amide bonds. The van der Waals surface area contributed by atoms with E-state index < -0.39 is 5.97 Å². The quantitative estimate of drug-likeness (QED) is 0.116. The van der Waals surface area contributed by atoms with E-state index >= 15 is 0 Å².